The first-order valence-corrected chi connectivity index (χ1v) is 12.2. The summed E-state index contributed by atoms with van der Waals surface area (Å²) in [5, 5.41) is 2.53. The van der Waals surface area contributed by atoms with Gasteiger partial charge in [-0.1, -0.05) is 6.07 Å². The lowest BCUT2D eigenvalue weighted by Crippen LogP contribution is -2.48. The summed E-state index contributed by atoms with van der Waals surface area (Å²) in [6.07, 6.45) is -0.910. The van der Waals surface area contributed by atoms with Crippen LogP contribution in [0.3, 0.4) is 0 Å². The molecule has 35 heavy (non-hydrogen) atoms. The van der Waals surface area contributed by atoms with Crippen molar-refractivity contribution in [2.45, 2.75) is 37.1 Å². The number of alkyl halides is 3. The Kier molecular flexibility index (Phi) is 6.71. The van der Waals surface area contributed by atoms with Gasteiger partial charge in [-0.3, -0.25) is 4.79 Å². The Hall–Kier alpha value is -3.22. The van der Waals surface area contributed by atoms with Crippen molar-refractivity contribution in [1.29, 1.82) is 0 Å². The molecule has 1 amide bonds. The number of carbonyl (C=O) groups excluding carboxylic acids is 1. The molecular formula is C23H23F3N4O4S. The Labute approximate surface area is 200 Å². The SMILES string of the molecule is CC1CN(S(=O)(=O)c2cccc(C(=O)N/C=C/n3cnc4cc(C(F)(F)F)ccc43)c2)CC(C)O1. The Balaban J connectivity index is 1.48. The molecule has 12 heteroatoms. The van der Waals surface area contributed by atoms with Gasteiger partial charge in [-0.05, 0) is 50.2 Å². The van der Waals surface area contributed by atoms with Crippen molar-refractivity contribution in [1.82, 2.24) is 19.2 Å². The number of carbonyl (C=O) groups is 1. The average Bonchev–Trinajstić information content (AvgIpc) is 3.20. The molecule has 1 saturated heterocycles. The number of sulfonamides is 1. The predicted octanol–water partition coefficient (Wildman–Crippen LogP) is 3.71. The number of benzene rings is 2. The average molecular weight is 509 g/mol. The lowest BCUT2D eigenvalue weighted by Gasteiger charge is -2.34. The van der Waals surface area contributed by atoms with Crippen molar-refractivity contribution in [3.05, 3.63) is 66.1 Å². The fourth-order valence-corrected chi connectivity index (χ4v) is 5.51. The minimum absolute atomic E-state index is 0.00324. The van der Waals surface area contributed by atoms with Crippen LogP contribution in [-0.4, -0.2) is 53.5 Å². The lowest BCUT2D eigenvalue weighted by molar-refractivity contribution is -0.137. The minimum Gasteiger partial charge on any atom is -0.373 e. The molecule has 2 aromatic carbocycles. The molecule has 0 spiro atoms. The van der Waals surface area contributed by atoms with E-state index in [1.54, 1.807) is 13.8 Å². The number of aromatic nitrogens is 2. The first-order valence-electron chi connectivity index (χ1n) is 10.7. The number of rotatable bonds is 5. The molecule has 3 aromatic rings. The highest BCUT2D eigenvalue weighted by Crippen LogP contribution is 2.31. The predicted molar refractivity (Wildman–Crippen MR) is 123 cm³/mol. The zero-order chi connectivity index (χ0) is 25.4. The number of morpholine rings is 1. The summed E-state index contributed by atoms with van der Waals surface area (Å²) >= 11 is 0. The van der Waals surface area contributed by atoms with Gasteiger partial charge >= 0.3 is 6.18 Å². The third-order valence-electron chi connectivity index (χ3n) is 5.47. The maximum absolute atomic E-state index is 13.1. The van der Waals surface area contributed by atoms with Gasteiger partial charge in [-0.25, -0.2) is 13.4 Å². The second-order valence-electron chi connectivity index (χ2n) is 8.25. The standard InChI is InChI=1S/C23H23F3N4O4S/c1-15-12-30(13-16(2)34-15)35(32,33)19-5-3-4-17(10-19)22(31)27-8-9-29-14-28-20-11-18(23(24,25)26)6-7-21(20)29/h3-11,14-16H,12-13H2,1-2H3,(H,27,31)/b9-8+. The molecule has 1 aliphatic heterocycles. The van der Waals surface area contributed by atoms with Gasteiger partial charge < -0.3 is 14.6 Å². The topological polar surface area (TPSA) is 93.5 Å². The van der Waals surface area contributed by atoms with Gasteiger partial charge in [0.1, 0.15) is 0 Å². The molecule has 0 radical (unpaired) electrons. The van der Waals surface area contributed by atoms with E-state index < -0.39 is 27.7 Å². The van der Waals surface area contributed by atoms with E-state index in [2.05, 4.69) is 10.3 Å². The van der Waals surface area contributed by atoms with Crippen molar-refractivity contribution in [3.63, 3.8) is 0 Å². The maximum Gasteiger partial charge on any atom is 0.416 e. The molecule has 186 valence electrons. The third-order valence-corrected chi connectivity index (χ3v) is 7.30. The van der Waals surface area contributed by atoms with Crippen LogP contribution in [0.2, 0.25) is 0 Å². The van der Waals surface area contributed by atoms with Crippen LogP contribution in [-0.2, 0) is 20.9 Å². The van der Waals surface area contributed by atoms with Crippen molar-refractivity contribution in [2.75, 3.05) is 13.1 Å². The quantitative estimate of drug-likeness (QED) is 0.567. The van der Waals surface area contributed by atoms with Gasteiger partial charge in [-0.15, -0.1) is 0 Å². The third kappa shape index (κ3) is 5.39. The van der Waals surface area contributed by atoms with Crippen LogP contribution in [0.4, 0.5) is 13.2 Å². The van der Waals surface area contributed by atoms with Gasteiger partial charge in [0.25, 0.3) is 5.91 Å². The number of halogens is 3. The summed E-state index contributed by atoms with van der Waals surface area (Å²) in [4.78, 5) is 16.6. The van der Waals surface area contributed by atoms with E-state index in [1.807, 2.05) is 0 Å². The van der Waals surface area contributed by atoms with Crippen LogP contribution >= 0.6 is 0 Å². The van der Waals surface area contributed by atoms with Crippen molar-refractivity contribution in [3.8, 4) is 0 Å². The molecule has 0 aliphatic carbocycles. The van der Waals surface area contributed by atoms with E-state index in [0.29, 0.717) is 5.52 Å². The Bertz CT molecular complexity index is 1370. The molecule has 0 bridgehead atoms. The number of ether oxygens (including phenoxy) is 1. The van der Waals surface area contributed by atoms with E-state index in [4.69, 9.17) is 4.74 Å². The van der Waals surface area contributed by atoms with Crippen molar-refractivity contribution < 1.29 is 31.1 Å². The second kappa shape index (κ2) is 9.44. The van der Waals surface area contributed by atoms with Crippen molar-refractivity contribution in [2.24, 2.45) is 0 Å². The number of hydrogen-bond acceptors (Lipinski definition) is 5. The fourth-order valence-electron chi connectivity index (χ4n) is 3.88. The van der Waals surface area contributed by atoms with Crippen LogP contribution in [0, 0.1) is 0 Å². The van der Waals surface area contributed by atoms with Crippen LogP contribution in [0.1, 0.15) is 29.8 Å². The lowest BCUT2D eigenvalue weighted by atomic mass is 10.2. The summed E-state index contributed by atoms with van der Waals surface area (Å²) in [5.41, 5.74) is -0.0928. The van der Waals surface area contributed by atoms with E-state index >= 15 is 0 Å². The highest BCUT2D eigenvalue weighted by molar-refractivity contribution is 7.89. The molecule has 0 saturated carbocycles. The highest BCUT2D eigenvalue weighted by atomic mass is 32.2. The normalized spacial score (nSPS) is 19.9. The van der Waals surface area contributed by atoms with Gasteiger partial charge in [0.2, 0.25) is 10.0 Å². The van der Waals surface area contributed by atoms with Crippen molar-refractivity contribution >= 4 is 33.2 Å². The van der Waals surface area contributed by atoms with Gasteiger partial charge in [0.05, 0.1) is 40.0 Å². The molecule has 2 unspecified atom stereocenters. The largest absolute Gasteiger partial charge is 0.416 e. The Morgan fingerprint density at radius 3 is 2.54 bits per heavy atom. The second-order valence-corrected chi connectivity index (χ2v) is 10.2. The number of nitrogens with one attached hydrogen (secondary N) is 1. The summed E-state index contributed by atoms with van der Waals surface area (Å²) < 4.78 is 73.2. The molecule has 1 fully saturated rings. The molecular weight excluding hydrogens is 485 g/mol. The summed E-state index contributed by atoms with van der Waals surface area (Å²) in [6.45, 7) is 4.03. The first-order chi connectivity index (χ1) is 16.4. The van der Waals surface area contributed by atoms with Gasteiger partial charge in [-0.2, -0.15) is 17.5 Å². The molecule has 1 aliphatic rings. The van der Waals surface area contributed by atoms with Crippen LogP contribution in [0.15, 0.2) is 59.9 Å². The first kappa shape index (κ1) is 24.9. The van der Waals surface area contributed by atoms with Crippen LogP contribution in [0.25, 0.3) is 17.2 Å². The van der Waals surface area contributed by atoms with Crippen LogP contribution < -0.4 is 5.32 Å². The van der Waals surface area contributed by atoms with E-state index in [0.717, 1.165) is 12.1 Å². The summed E-state index contributed by atoms with van der Waals surface area (Å²) in [5.74, 6) is -0.550. The zero-order valence-corrected chi connectivity index (χ0v) is 19.7. The van der Waals surface area contributed by atoms with Gasteiger partial charge in [0, 0.05) is 31.1 Å². The molecule has 1 N–H and O–H groups in total. The highest BCUT2D eigenvalue weighted by Gasteiger charge is 2.33. The van der Waals surface area contributed by atoms with Gasteiger partial charge in [0.15, 0.2) is 0 Å². The number of hydrogen-bond donors (Lipinski definition) is 1. The van der Waals surface area contributed by atoms with E-state index in [9.17, 15) is 26.4 Å². The minimum atomic E-state index is -4.47. The number of fused-ring (bicyclic) bond motifs is 1. The molecule has 4 rings (SSSR count). The zero-order valence-electron chi connectivity index (χ0n) is 18.9. The van der Waals surface area contributed by atoms with E-state index in [1.165, 1.54) is 57.9 Å². The number of amides is 1. The number of nitrogens with zero attached hydrogens (tertiary/aromatic N) is 3. The molecule has 1 aromatic heterocycles. The fraction of sp³-hybridized carbons (Fsp3) is 0.304. The Morgan fingerprint density at radius 2 is 1.86 bits per heavy atom. The van der Waals surface area contributed by atoms with E-state index in [-0.39, 0.29) is 41.3 Å². The van der Waals surface area contributed by atoms with Crippen LogP contribution in [0.5, 0.6) is 0 Å². The monoisotopic (exact) mass is 508 g/mol. The molecule has 2 atom stereocenters. The maximum atomic E-state index is 13.1. The molecule has 8 nitrogen and oxygen atoms in total. The number of imidazole rings is 1. The summed E-state index contributed by atoms with van der Waals surface area (Å²) in [6, 6.07) is 8.89. The molecule has 2 heterocycles. The Morgan fingerprint density at radius 1 is 1.14 bits per heavy atom. The smallest absolute Gasteiger partial charge is 0.373 e. The summed E-state index contributed by atoms with van der Waals surface area (Å²) in [7, 11) is -3.82.